The number of carbonyl (C=O) groups is 1. The molecular formula is C27H27N3O2S. The van der Waals surface area contributed by atoms with Crippen molar-refractivity contribution in [2.24, 2.45) is 0 Å². The maximum atomic E-state index is 13.2. The summed E-state index contributed by atoms with van der Waals surface area (Å²) in [6, 6.07) is 25.5. The van der Waals surface area contributed by atoms with E-state index in [-0.39, 0.29) is 11.5 Å². The van der Waals surface area contributed by atoms with Crippen LogP contribution in [-0.4, -0.2) is 15.5 Å². The van der Waals surface area contributed by atoms with Gasteiger partial charge in [0.05, 0.1) is 10.9 Å². The van der Waals surface area contributed by atoms with Crippen molar-refractivity contribution in [1.29, 1.82) is 0 Å². The number of hydrogen-bond donors (Lipinski definition) is 1. The lowest BCUT2D eigenvalue weighted by molar-refractivity contribution is -0.121. The molecule has 1 N–H and O–H groups in total. The highest BCUT2D eigenvalue weighted by Gasteiger charge is 2.13. The third-order valence-electron chi connectivity index (χ3n) is 5.56. The Balaban J connectivity index is 1.46. The first-order valence-corrected chi connectivity index (χ1v) is 12.1. The van der Waals surface area contributed by atoms with Crippen LogP contribution in [0.15, 0.2) is 88.8 Å². The van der Waals surface area contributed by atoms with E-state index in [0.29, 0.717) is 42.0 Å². The number of hydrogen-bond acceptors (Lipinski definition) is 4. The predicted molar refractivity (Wildman–Crippen MR) is 134 cm³/mol. The topological polar surface area (TPSA) is 64.0 Å². The minimum Gasteiger partial charge on any atom is -0.352 e. The lowest BCUT2D eigenvalue weighted by Crippen LogP contribution is -2.26. The van der Waals surface area contributed by atoms with Gasteiger partial charge < -0.3 is 5.32 Å². The molecule has 1 heterocycles. The van der Waals surface area contributed by atoms with Gasteiger partial charge in [0.1, 0.15) is 0 Å². The van der Waals surface area contributed by atoms with Crippen LogP contribution in [0.25, 0.3) is 10.9 Å². The van der Waals surface area contributed by atoms with Gasteiger partial charge in [-0.15, -0.1) is 0 Å². The number of carbonyl (C=O) groups excluding carboxylic acids is 1. The van der Waals surface area contributed by atoms with Gasteiger partial charge in [0, 0.05) is 25.3 Å². The van der Waals surface area contributed by atoms with Crippen molar-refractivity contribution in [1.82, 2.24) is 14.9 Å². The molecule has 0 aliphatic rings. The van der Waals surface area contributed by atoms with Gasteiger partial charge in [0.25, 0.3) is 5.56 Å². The van der Waals surface area contributed by atoms with Crippen LogP contribution in [-0.2, 0) is 23.6 Å². The molecule has 0 unspecified atom stereocenters. The molecule has 6 heteroatoms. The van der Waals surface area contributed by atoms with Crippen molar-refractivity contribution in [3.05, 3.63) is 106 Å². The average Bonchev–Trinajstić information content (AvgIpc) is 2.84. The third-order valence-corrected chi connectivity index (χ3v) is 6.59. The number of nitrogens with zero attached hydrogens (tertiary/aromatic N) is 2. The SMILES string of the molecule is Cc1ccccc1CSc1nc2ccccc2c(=O)n1CCCC(=O)NCc1ccccc1. The molecule has 33 heavy (non-hydrogen) atoms. The van der Waals surface area contributed by atoms with E-state index in [9.17, 15) is 9.59 Å². The first-order chi connectivity index (χ1) is 16.1. The van der Waals surface area contributed by atoms with E-state index >= 15 is 0 Å². The summed E-state index contributed by atoms with van der Waals surface area (Å²) < 4.78 is 1.72. The molecule has 0 bridgehead atoms. The van der Waals surface area contributed by atoms with Crippen molar-refractivity contribution in [2.75, 3.05) is 0 Å². The molecule has 0 spiro atoms. The van der Waals surface area contributed by atoms with Gasteiger partial charge in [-0.3, -0.25) is 14.2 Å². The largest absolute Gasteiger partial charge is 0.352 e. The van der Waals surface area contributed by atoms with Gasteiger partial charge >= 0.3 is 0 Å². The van der Waals surface area contributed by atoms with Crippen LogP contribution in [0.5, 0.6) is 0 Å². The number of aryl methyl sites for hydroxylation is 1. The maximum absolute atomic E-state index is 13.2. The van der Waals surface area contributed by atoms with Crippen LogP contribution < -0.4 is 10.9 Å². The summed E-state index contributed by atoms with van der Waals surface area (Å²) in [4.78, 5) is 30.3. The Morgan fingerprint density at radius 3 is 2.52 bits per heavy atom. The van der Waals surface area contributed by atoms with Crippen LogP contribution in [0.2, 0.25) is 0 Å². The zero-order chi connectivity index (χ0) is 23.0. The fourth-order valence-electron chi connectivity index (χ4n) is 3.65. The standard InChI is InChI=1S/C27H27N3O2S/c1-20-10-5-6-13-22(20)19-33-27-29-24-15-8-7-14-23(24)26(32)30(27)17-9-16-25(31)28-18-21-11-3-2-4-12-21/h2-8,10-15H,9,16-19H2,1H3,(H,28,31). The van der Waals surface area contributed by atoms with Gasteiger partial charge in [-0.2, -0.15) is 0 Å². The summed E-state index contributed by atoms with van der Waals surface area (Å²) in [5, 5.41) is 4.24. The number of thioether (sulfide) groups is 1. The number of para-hydroxylation sites is 1. The third kappa shape index (κ3) is 5.90. The molecule has 0 saturated heterocycles. The Morgan fingerprint density at radius 2 is 1.70 bits per heavy atom. The first kappa shape index (κ1) is 22.8. The Labute approximate surface area is 197 Å². The molecule has 4 aromatic rings. The number of rotatable bonds is 9. The second-order valence-electron chi connectivity index (χ2n) is 7.95. The molecule has 168 valence electrons. The molecule has 5 nitrogen and oxygen atoms in total. The molecular weight excluding hydrogens is 430 g/mol. The summed E-state index contributed by atoms with van der Waals surface area (Å²) in [7, 11) is 0. The van der Waals surface area contributed by atoms with Crippen molar-refractivity contribution in [3.63, 3.8) is 0 Å². The lowest BCUT2D eigenvalue weighted by atomic mass is 10.1. The fraction of sp³-hybridized carbons (Fsp3) is 0.222. The zero-order valence-corrected chi connectivity index (χ0v) is 19.5. The quantitative estimate of drug-likeness (QED) is 0.281. The minimum atomic E-state index is -0.0578. The molecule has 0 fully saturated rings. The van der Waals surface area contributed by atoms with Crippen molar-refractivity contribution in [2.45, 2.75) is 43.8 Å². The Bertz CT molecular complexity index is 1300. The van der Waals surface area contributed by atoms with Gasteiger partial charge in [0.2, 0.25) is 5.91 Å². The second kappa shape index (κ2) is 11.0. The van der Waals surface area contributed by atoms with Crippen molar-refractivity contribution in [3.8, 4) is 0 Å². The van der Waals surface area contributed by atoms with Gasteiger partial charge in [-0.25, -0.2) is 4.98 Å². The normalized spacial score (nSPS) is 10.9. The molecule has 0 aliphatic carbocycles. The van der Waals surface area contributed by atoms with E-state index in [0.717, 1.165) is 11.3 Å². The molecule has 4 rings (SSSR count). The van der Waals surface area contributed by atoms with Crippen molar-refractivity contribution >= 4 is 28.6 Å². The summed E-state index contributed by atoms with van der Waals surface area (Å²) in [5.74, 6) is 0.712. The number of nitrogens with one attached hydrogen (secondary N) is 1. The Morgan fingerprint density at radius 1 is 0.970 bits per heavy atom. The monoisotopic (exact) mass is 457 g/mol. The smallest absolute Gasteiger partial charge is 0.262 e. The highest BCUT2D eigenvalue weighted by atomic mass is 32.2. The minimum absolute atomic E-state index is 0.0187. The summed E-state index contributed by atoms with van der Waals surface area (Å²) in [5.41, 5.74) is 4.14. The first-order valence-electron chi connectivity index (χ1n) is 11.1. The average molecular weight is 458 g/mol. The van der Waals surface area contributed by atoms with Crippen LogP contribution in [0.4, 0.5) is 0 Å². The summed E-state index contributed by atoms with van der Waals surface area (Å²) >= 11 is 1.56. The van der Waals surface area contributed by atoms with Crippen LogP contribution >= 0.6 is 11.8 Å². The summed E-state index contributed by atoms with van der Waals surface area (Å²) in [6.07, 6.45) is 0.923. The molecule has 3 aromatic carbocycles. The lowest BCUT2D eigenvalue weighted by Gasteiger charge is -2.14. The number of amides is 1. The van der Waals surface area contributed by atoms with Gasteiger partial charge in [-0.1, -0.05) is 78.5 Å². The Hall–Kier alpha value is -3.38. The predicted octanol–water partition coefficient (Wildman–Crippen LogP) is 5.09. The number of aromatic nitrogens is 2. The zero-order valence-electron chi connectivity index (χ0n) is 18.7. The highest BCUT2D eigenvalue weighted by molar-refractivity contribution is 7.98. The van der Waals surface area contributed by atoms with E-state index in [1.165, 1.54) is 11.1 Å². The Kier molecular flexibility index (Phi) is 7.58. The van der Waals surface area contributed by atoms with E-state index in [4.69, 9.17) is 4.98 Å². The van der Waals surface area contributed by atoms with Gasteiger partial charge in [0.15, 0.2) is 5.16 Å². The van der Waals surface area contributed by atoms with E-state index in [1.54, 1.807) is 16.3 Å². The number of benzene rings is 3. The van der Waals surface area contributed by atoms with Gasteiger partial charge in [-0.05, 0) is 42.2 Å². The van der Waals surface area contributed by atoms with Crippen LogP contribution in [0.1, 0.15) is 29.5 Å². The molecule has 0 atom stereocenters. The molecule has 1 aromatic heterocycles. The van der Waals surface area contributed by atoms with Crippen molar-refractivity contribution < 1.29 is 4.79 Å². The summed E-state index contributed by atoms with van der Waals surface area (Å²) in [6.45, 7) is 3.05. The van der Waals surface area contributed by atoms with Crippen LogP contribution in [0.3, 0.4) is 0 Å². The molecule has 0 saturated carbocycles. The highest BCUT2D eigenvalue weighted by Crippen LogP contribution is 2.24. The number of fused-ring (bicyclic) bond motifs is 1. The molecule has 0 radical (unpaired) electrons. The molecule has 0 aliphatic heterocycles. The van der Waals surface area contributed by atoms with E-state index in [2.05, 4.69) is 24.4 Å². The van der Waals surface area contributed by atoms with E-state index < -0.39 is 0 Å². The van der Waals surface area contributed by atoms with Crippen LogP contribution in [0, 0.1) is 6.92 Å². The van der Waals surface area contributed by atoms with E-state index in [1.807, 2.05) is 66.7 Å². The second-order valence-corrected chi connectivity index (χ2v) is 8.89. The maximum Gasteiger partial charge on any atom is 0.262 e. The fourth-order valence-corrected chi connectivity index (χ4v) is 4.75. The molecule has 1 amide bonds.